The van der Waals surface area contributed by atoms with Crippen LogP contribution in [0.25, 0.3) is 0 Å². The molecule has 2 aromatic carbocycles. The summed E-state index contributed by atoms with van der Waals surface area (Å²) in [6.45, 7) is -0.400. The molecular weight excluding hydrogens is 367 g/mol. The Labute approximate surface area is 151 Å². The summed E-state index contributed by atoms with van der Waals surface area (Å²) in [6.07, 6.45) is 1.09. The lowest BCUT2D eigenvalue weighted by Crippen LogP contribution is -2.34. The Balaban J connectivity index is 1.76. The van der Waals surface area contributed by atoms with Crippen LogP contribution < -0.4 is 10.0 Å². The monoisotopic (exact) mass is 384 g/mol. The van der Waals surface area contributed by atoms with Crippen LogP contribution in [0.1, 0.15) is 12.0 Å². The van der Waals surface area contributed by atoms with Crippen molar-refractivity contribution in [2.75, 3.05) is 17.6 Å². The number of nitrogens with one attached hydrogen (secondary N) is 2. The Morgan fingerprint density at radius 1 is 1.12 bits per heavy atom. The smallest absolute Gasteiger partial charge is 0.239 e. The number of carbonyl (C=O) groups excluding carboxylic acids is 1. The second kappa shape index (κ2) is 8.94. The number of aryl methyl sites for hydroxylation is 1. The molecule has 25 heavy (non-hydrogen) atoms. The molecule has 0 saturated carbocycles. The molecule has 0 saturated heterocycles. The molecule has 1 amide bonds. The van der Waals surface area contributed by atoms with Crippen LogP contribution in [0.2, 0.25) is 5.02 Å². The zero-order valence-electron chi connectivity index (χ0n) is 13.3. The average molecular weight is 385 g/mol. The first kappa shape index (κ1) is 19.4. The molecule has 0 fully saturated rings. The second-order valence-electron chi connectivity index (χ2n) is 5.41. The predicted octanol–water partition coefficient (Wildman–Crippen LogP) is 2.97. The second-order valence-corrected chi connectivity index (χ2v) is 7.74. The molecule has 0 radical (unpaired) electrons. The Kier molecular flexibility index (Phi) is 6.92. The molecule has 0 aromatic heterocycles. The molecule has 0 aliphatic heterocycles. The highest BCUT2D eigenvalue weighted by Crippen LogP contribution is 2.19. The van der Waals surface area contributed by atoms with E-state index >= 15 is 0 Å². The molecule has 0 unspecified atom stereocenters. The SMILES string of the molecule is O=C(CNS(=O)(=O)CCCc1ccccc1)Nc1ccc(F)c(Cl)c1. The number of anilines is 1. The number of rotatable bonds is 8. The fourth-order valence-corrected chi connectivity index (χ4v) is 3.34. The molecule has 2 N–H and O–H groups in total. The third-order valence-electron chi connectivity index (χ3n) is 3.38. The Bertz CT molecular complexity index is 829. The molecule has 0 heterocycles. The number of amides is 1. The molecule has 0 aliphatic rings. The van der Waals surface area contributed by atoms with E-state index in [1.54, 1.807) is 0 Å². The minimum Gasteiger partial charge on any atom is -0.325 e. The van der Waals surface area contributed by atoms with Gasteiger partial charge in [-0.1, -0.05) is 41.9 Å². The van der Waals surface area contributed by atoms with Gasteiger partial charge in [0, 0.05) is 5.69 Å². The number of sulfonamides is 1. The predicted molar refractivity (Wildman–Crippen MR) is 96.6 cm³/mol. The van der Waals surface area contributed by atoms with Gasteiger partial charge in [-0.25, -0.2) is 17.5 Å². The molecule has 0 atom stereocenters. The van der Waals surface area contributed by atoms with Gasteiger partial charge in [-0.2, -0.15) is 0 Å². The first-order chi connectivity index (χ1) is 11.9. The minimum atomic E-state index is -3.55. The van der Waals surface area contributed by atoms with Gasteiger partial charge in [0.1, 0.15) is 5.82 Å². The van der Waals surface area contributed by atoms with E-state index in [1.165, 1.54) is 12.1 Å². The first-order valence-electron chi connectivity index (χ1n) is 7.62. The highest BCUT2D eigenvalue weighted by atomic mass is 35.5. The van der Waals surface area contributed by atoms with Crippen molar-refractivity contribution in [2.45, 2.75) is 12.8 Å². The summed E-state index contributed by atoms with van der Waals surface area (Å²) in [5.41, 5.74) is 1.35. The number of hydrogen-bond donors (Lipinski definition) is 2. The van der Waals surface area contributed by atoms with Crippen LogP contribution in [0.4, 0.5) is 10.1 Å². The van der Waals surface area contributed by atoms with Crippen molar-refractivity contribution in [1.29, 1.82) is 0 Å². The Morgan fingerprint density at radius 2 is 1.84 bits per heavy atom. The first-order valence-corrected chi connectivity index (χ1v) is 9.65. The average Bonchev–Trinajstić information content (AvgIpc) is 2.57. The Morgan fingerprint density at radius 3 is 2.52 bits per heavy atom. The van der Waals surface area contributed by atoms with Gasteiger partial charge in [-0.15, -0.1) is 0 Å². The summed E-state index contributed by atoms with van der Waals surface area (Å²) >= 11 is 5.62. The standard InChI is InChI=1S/C17H18ClFN2O3S/c18-15-11-14(8-9-16(15)19)21-17(22)12-20-25(23,24)10-4-7-13-5-2-1-3-6-13/h1-3,5-6,8-9,11,20H,4,7,10,12H2,(H,21,22). The van der Waals surface area contributed by atoms with Crippen molar-refractivity contribution < 1.29 is 17.6 Å². The summed E-state index contributed by atoms with van der Waals surface area (Å²) in [5, 5.41) is 2.32. The lowest BCUT2D eigenvalue weighted by molar-refractivity contribution is -0.115. The lowest BCUT2D eigenvalue weighted by atomic mass is 10.1. The van der Waals surface area contributed by atoms with Gasteiger partial charge < -0.3 is 5.32 Å². The van der Waals surface area contributed by atoms with Crippen molar-refractivity contribution in [3.63, 3.8) is 0 Å². The van der Waals surface area contributed by atoms with Crippen LogP contribution in [-0.2, 0) is 21.2 Å². The van der Waals surface area contributed by atoms with Crippen molar-refractivity contribution in [3.05, 3.63) is 64.9 Å². The summed E-state index contributed by atoms with van der Waals surface area (Å²) in [7, 11) is -3.55. The van der Waals surface area contributed by atoms with Gasteiger partial charge in [0.15, 0.2) is 0 Å². The third-order valence-corrected chi connectivity index (χ3v) is 5.08. The molecule has 2 rings (SSSR count). The van der Waals surface area contributed by atoms with E-state index < -0.39 is 28.3 Å². The highest BCUT2D eigenvalue weighted by Gasteiger charge is 2.13. The zero-order chi connectivity index (χ0) is 18.3. The van der Waals surface area contributed by atoms with Crippen molar-refractivity contribution in [3.8, 4) is 0 Å². The third kappa shape index (κ3) is 6.81. The lowest BCUT2D eigenvalue weighted by Gasteiger charge is -2.08. The molecule has 0 spiro atoms. The maximum absolute atomic E-state index is 13.0. The highest BCUT2D eigenvalue weighted by molar-refractivity contribution is 7.89. The fraction of sp³-hybridized carbons (Fsp3) is 0.235. The maximum atomic E-state index is 13.0. The summed E-state index contributed by atoms with van der Waals surface area (Å²) in [6, 6.07) is 13.3. The molecule has 5 nitrogen and oxygen atoms in total. The maximum Gasteiger partial charge on any atom is 0.239 e. The van der Waals surface area contributed by atoms with Crippen molar-refractivity contribution in [2.24, 2.45) is 0 Å². The molecule has 8 heteroatoms. The fourth-order valence-electron chi connectivity index (χ4n) is 2.14. The van der Waals surface area contributed by atoms with Crippen molar-refractivity contribution in [1.82, 2.24) is 4.72 Å². The largest absolute Gasteiger partial charge is 0.325 e. The van der Waals surface area contributed by atoms with E-state index in [4.69, 9.17) is 11.6 Å². The zero-order valence-corrected chi connectivity index (χ0v) is 14.9. The van der Waals surface area contributed by atoms with E-state index in [0.29, 0.717) is 18.5 Å². The van der Waals surface area contributed by atoms with Crippen LogP contribution in [0.3, 0.4) is 0 Å². The van der Waals surface area contributed by atoms with Gasteiger partial charge in [-0.05, 0) is 36.6 Å². The van der Waals surface area contributed by atoms with Crippen LogP contribution in [0.5, 0.6) is 0 Å². The van der Waals surface area contributed by atoms with Gasteiger partial charge in [0.25, 0.3) is 0 Å². The Hall–Kier alpha value is -1.96. The van der Waals surface area contributed by atoms with E-state index in [0.717, 1.165) is 11.6 Å². The summed E-state index contributed by atoms with van der Waals surface area (Å²) in [4.78, 5) is 11.8. The van der Waals surface area contributed by atoms with Gasteiger partial charge >= 0.3 is 0 Å². The van der Waals surface area contributed by atoms with Gasteiger partial charge in [0.2, 0.25) is 15.9 Å². The van der Waals surface area contributed by atoms with Gasteiger partial charge in [-0.3, -0.25) is 4.79 Å². The molecule has 0 bridgehead atoms. The topological polar surface area (TPSA) is 75.3 Å². The number of hydrogen-bond acceptors (Lipinski definition) is 3. The van der Waals surface area contributed by atoms with E-state index in [9.17, 15) is 17.6 Å². The van der Waals surface area contributed by atoms with E-state index in [-0.39, 0.29) is 10.8 Å². The van der Waals surface area contributed by atoms with Gasteiger partial charge in [0.05, 0.1) is 17.3 Å². The van der Waals surface area contributed by atoms with E-state index in [2.05, 4.69) is 10.0 Å². The molecule has 0 aliphatic carbocycles. The molecular formula is C17H18ClFN2O3S. The van der Waals surface area contributed by atoms with Crippen molar-refractivity contribution >= 4 is 33.2 Å². The number of carbonyl (C=O) groups is 1. The molecule has 134 valence electrons. The van der Waals surface area contributed by atoms with Crippen LogP contribution in [0, 0.1) is 5.82 Å². The number of benzene rings is 2. The molecule has 2 aromatic rings. The quantitative estimate of drug-likeness (QED) is 0.734. The van der Waals surface area contributed by atoms with Crippen LogP contribution in [0.15, 0.2) is 48.5 Å². The van der Waals surface area contributed by atoms with Crippen LogP contribution in [-0.4, -0.2) is 26.6 Å². The normalized spacial score (nSPS) is 11.3. The minimum absolute atomic E-state index is 0.0719. The summed E-state index contributed by atoms with van der Waals surface area (Å²) < 4.78 is 39.1. The number of halogens is 2. The summed E-state index contributed by atoms with van der Waals surface area (Å²) in [5.74, 6) is -1.23. The van der Waals surface area contributed by atoms with Crippen LogP contribution >= 0.6 is 11.6 Å². The van der Waals surface area contributed by atoms with E-state index in [1.807, 2.05) is 30.3 Å².